The van der Waals surface area contributed by atoms with E-state index in [1.54, 1.807) is 6.92 Å². The minimum atomic E-state index is -0.397. The van der Waals surface area contributed by atoms with Gasteiger partial charge in [-0.2, -0.15) is 5.10 Å². The number of hydrogen-bond donors (Lipinski definition) is 1. The van der Waals surface area contributed by atoms with E-state index in [0.717, 1.165) is 10.2 Å². The van der Waals surface area contributed by atoms with Crippen LogP contribution < -0.4 is 10.9 Å². The molecule has 0 fully saturated rings. The summed E-state index contributed by atoms with van der Waals surface area (Å²) in [5.41, 5.74) is 2.16. The lowest BCUT2D eigenvalue weighted by atomic mass is 9.85. The van der Waals surface area contributed by atoms with Crippen molar-refractivity contribution >= 4 is 16.8 Å². The van der Waals surface area contributed by atoms with E-state index in [0.29, 0.717) is 11.1 Å². The third-order valence-electron chi connectivity index (χ3n) is 5.15. The molecule has 2 heterocycles. The Hall–Kier alpha value is -2.96. The highest BCUT2D eigenvalue weighted by atomic mass is 16.5. The summed E-state index contributed by atoms with van der Waals surface area (Å²) in [4.78, 5) is 25.4. The average Bonchev–Trinajstić information content (AvgIpc) is 3.03. The highest BCUT2D eigenvalue weighted by molar-refractivity contribution is 6.04. The monoisotopic (exact) mass is 396 g/mol. The number of fused-ring (bicyclic) bond motifs is 1. The van der Waals surface area contributed by atoms with Gasteiger partial charge in [-0.3, -0.25) is 9.59 Å². The largest absolute Gasteiger partial charge is 0.360 e. The number of carbonyl (C=O) groups is 1. The van der Waals surface area contributed by atoms with Crippen LogP contribution in [0.5, 0.6) is 0 Å². The molecule has 1 amide bonds. The maximum absolute atomic E-state index is 13.1. The number of rotatable bonds is 4. The zero-order valence-electron chi connectivity index (χ0n) is 18.0. The molecule has 0 spiro atoms. The molecule has 0 aliphatic rings. The van der Waals surface area contributed by atoms with Gasteiger partial charge in [0.2, 0.25) is 0 Å². The van der Waals surface area contributed by atoms with Gasteiger partial charge in [-0.05, 0) is 29.4 Å². The Bertz CT molecular complexity index is 1100. The van der Waals surface area contributed by atoms with Gasteiger partial charge < -0.3 is 9.84 Å². The van der Waals surface area contributed by atoms with Crippen LogP contribution in [0.25, 0.3) is 10.9 Å². The lowest BCUT2D eigenvalue weighted by Gasteiger charge is -2.25. The van der Waals surface area contributed by atoms with Crippen molar-refractivity contribution in [2.45, 2.75) is 53.0 Å². The van der Waals surface area contributed by atoms with E-state index in [1.807, 2.05) is 0 Å². The molecule has 0 saturated heterocycles. The molecule has 1 N–H and O–H groups in total. The van der Waals surface area contributed by atoms with Crippen molar-refractivity contribution in [2.24, 2.45) is 13.0 Å². The summed E-state index contributed by atoms with van der Waals surface area (Å²) in [5.74, 6) is 0.188. The Morgan fingerprint density at radius 1 is 1.17 bits per heavy atom. The minimum Gasteiger partial charge on any atom is -0.360 e. The first kappa shape index (κ1) is 20.8. The van der Waals surface area contributed by atoms with Gasteiger partial charge in [-0.25, -0.2) is 4.68 Å². The summed E-state index contributed by atoms with van der Waals surface area (Å²) >= 11 is 0. The minimum absolute atomic E-state index is 0.0608. The first-order valence-electron chi connectivity index (χ1n) is 9.75. The molecule has 1 aromatic carbocycles. The number of nitrogens with zero attached hydrogens (tertiary/aromatic N) is 3. The van der Waals surface area contributed by atoms with Crippen LogP contribution in [0.15, 0.2) is 33.6 Å². The smallest absolute Gasteiger partial charge is 0.296 e. The summed E-state index contributed by atoms with van der Waals surface area (Å²) < 4.78 is 6.25. The summed E-state index contributed by atoms with van der Waals surface area (Å²) in [6, 6.07) is 8.11. The van der Waals surface area contributed by atoms with Crippen molar-refractivity contribution in [1.82, 2.24) is 20.3 Å². The maximum Gasteiger partial charge on any atom is 0.296 e. The van der Waals surface area contributed by atoms with E-state index < -0.39 is 5.56 Å². The van der Waals surface area contributed by atoms with E-state index in [-0.39, 0.29) is 34.5 Å². The summed E-state index contributed by atoms with van der Waals surface area (Å²) in [6.07, 6.45) is 0. The molecule has 2 aromatic heterocycles. The quantitative estimate of drug-likeness (QED) is 0.727. The van der Waals surface area contributed by atoms with Crippen LogP contribution in [-0.4, -0.2) is 20.8 Å². The third kappa shape index (κ3) is 3.95. The van der Waals surface area contributed by atoms with Crippen molar-refractivity contribution in [3.05, 3.63) is 57.2 Å². The molecule has 7 heteroatoms. The molecule has 3 rings (SSSR count). The average molecular weight is 396 g/mol. The molecule has 154 valence electrons. The van der Waals surface area contributed by atoms with Gasteiger partial charge in [0.05, 0.1) is 11.4 Å². The van der Waals surface area contributed by atoms with Crippen molar-refractivity contribution in [2.75, 3.05) is 0 Å². The molecule has 0 radical (unpaired) electrons. The van der Waals surface area contributed by atoms with Crippen LogP contribution in [0.4, 0.5) is 0 Å². The Labute approximate surface area is 170 Å². The molecule has 0 bridgehead atoms. The van der Waals surface area contributed by atoms with E-state index in [4.69, 9.17) is 4.52 Å². The molecule has 3 aromatic rings. The van der Waals surface area contributed by atoms with Gasteiger partial charge >= 0.3 is 0 Å². The van der Waals surface area contributed by atoms with Crippen molar-refractivity contribution in [3.63, 3.8) is 0 Å². The molecule has 0 unspecified atom stereocenters. The van der Waals surface area contributed by atoms with Gasteiger partial charge in [0, 0.05) is 7.05 Å². The van der Waals surface area contributed by atoms with E-state index >= 15 is 0 Å². The Morgan fingerprint density at radius 3 is 2.34 bits per heavy atom. The predicted octanol–water partition coefficient (Wildman–Crippen LogP) is 3.65. The first-order chi connectivity index (χ1) is 13.5. The Balaban J connectivity index is 1.98. The zero-order valence-corrected chi connectivity index (χ0v) is 18.0. The van der Waals surface area contributed by atoms with Gasteiger partial charge in [0.15, 0.2) is 11.2 Å². The Morgan fingerprint density at radius 2 is 1.79 bits per heavy atom. The van der Waals surface area contributed by atoms with Crippen LogP contribution in [0.1, 0.15) is 68.0 Å². The zero-order chi connectivity index (χ0) is 21.5. The van der Waals surface area contributed by atoms with Gasteiger partial charge in [0.1, 0.15) is 5.76 Å². The molecular formula is C22H28N4O3. The number of benzene rings is 1. The summed E-state index contributed by atoms with van der Waals surface area (Å²) in [6.45, 7) is 12.3. The second kappa shape index (κ2) is 7.46. The molecular weight excluding hydrogens is 368 g/mol. The van der Waals surface area contributed by atoms with Gasteiger partial charge in [0.25, 0.3) is 11.5 Å². The number of hydrogen-bond acceptors (Lipinski definition) is 5. The highest BCUT2D eigenvalue weighted by Gasteiger charge is 2.25. The Kier molecular flexibility index (Phi) is 5.34. The number of aromatic nitrogens is 3. The standard InChI is InChI=1S/C22H28N4O3/c1-12(2)17(14-8-10-15(11-9-14)22(4,5)6)23-20(27)18-16-13(3)29-25-19(16)21(28)26(7)24-18/h8-12,17H,1-7H3,(H,23,27)/t17-/m0/s1. The summed E-state index contributed by atoms with van der Waals surface area (Å²) in [7, 11) is 1.49. The highest BCUT2D eigenvalue weighted by Crippen LogP contribution is 2.27. The van der Waals surface area contributed by atoms with Gasteiger partial charge in [-0.15, -0.1) is 0 Å². The van der Waals surface area contributed by atoms with Crippen LogP contribution in [0.2, 0.25) is 0 Å². The van der Waals surface area contributed by atoms with Crippen molar-refractivity contribution in [3.8, 4) is 0 Å². The second-order valence-electron chi connectivity index (χ2n) is 8.81. The molecule has 29 heavy (non-hydrogen) atoms. The lowest BCUT2D eigenvalue weighted by Crippen LogP contribution is -2.34. The van der Waals surface area contributed by atoms with Crippen molar-refractivity contribution in [1.29, 1.82) is 0 Å². The van der Waals surface area contributed by atoms with E-state index in [2.05, 4.69) is 74.5 Å². The van der Waals surface area contributed by atoms with Crippen LogP contribution in [-0.2, 0) is 12.5 Å². The third-order valence-corrected chi connectivity index (χ3v) is 5.15. The van der Waals surface area contributed by atoms with E-state index in [9.17, 15) is 9.59 Å². The second-order valence-corrected chi connectivity index (χ2v) is 8.81. The lowest BCUT2D eigenvalue weighted by molar-refractivity contribution is 0.0920. The number of amides is 1. The molecule has 0 aliphatic carbocycles. The fraction of sp³-hybridized carbons (Fsp3) is 0.455. The van der Waals surface area contributed by atoms with Crippen LogP contribution >= 0.6 is 0 Å². The maximum atomic E-state index is 13.1. The van der Waals surface area contributed by atoms with Crippen molar-refractivity contribution < 1.29 is 9.32 Å². The molecule has 1 atom stereocenters. The van der Waals surface area contributed by atoms with E-state index in [1.165, 1.54) is 12.6 Å². The fourth-order valence-corrected chi connectivity index (χ4v) is 3.39. The van der Waals surface area contributed by atoms with Gasteiger partial charge in [-0.1, -0.05) is 64.0 Å². The summed E-state index contributed by atoms with van der Waals surface area (Å²) in [5, 5.41) is 11.4. The molecule has 0 aliphatic heterocycles. The van der Waals surface area contributed by atoms with Crippen LogP contribution in [0.3, 0.4) is 0 Å². The molecule has 7 nitrogen and oxygen atoms in total. The van der Waals surface area contributed by atoms with Crippen LogP contribution in [0, 0.1) is 12.8 Å². The first-order valence-corrected chi connectivity index (χ1v) is 9.75. The number of aryl methyl sites for hydroxylation is 2. The topological polar surface area (TPSA) is 90.0 Å². The SMILES string of the molecule is Cc1onc2c(=O)n(C)nc(C(=O)N[C@H](c3ccc(C(C)(C)C)cc3)C(C)C)c12. The number of carbonyl (C=O) groups excluding carboxylic acids is 1. The predicted molar refractivity (Wildman–Crippen MR) is 112 cm³/mol. The number of nitrogens with one attached hydrogen (secondary N) is 1. The normalized spacial score (nSPS) is 13.1. The molecule has 0 saturated carbocycles. The fourth-order valence-electron chi connectivity index (χ4n) is 3.39.